The predicted octanol–water partition coefficient (Wildman–Crippen LogP) is 2.61. The second kappa shape index (κ2) is 3.91. The molecule has 0 spiro atoms. The smallest absolute Gasteiger partial charge is 0.0339 e. The van der Waals surface area contributed by atoms with Crippen LogP contribution in [-0.4, -0.2) is 5.54 Å². The number of hydrogen-bond donors (Lipinski definition) is 1. The van der Waals surface area contributed by atoms with Crippen LogP contribution in [0.25, 0.3) is 0 Å². The minimum Gasteiger partial charge on any atom is -0.322 e. The van der Waals surface area contributed by atoms with Crippen molar-refractivity contribution >= 4 is 0 Å². The lowest BCUT2D eigenvalue weighted by atomic mass is 9.82. The van der Waals surface area contributed by atoms with E-state index >= 15 is 0 Å². The average molecular weight is 153 g/mol. The van der Waals surface area contributed by atoms with Gasteiger partial charge in [-0.05, 0) is 19.3 Å². The zero-order valence-electron chi connectivity index (χ0n) is 7.47. The third-order valence-corrected chi connectivity index (χ3v) is 2.47. The van der Waals surface area contributed by atoms with E-state index in [1.54, 1.807) is 0 Å². The summed E-state index contributed by atoms with van der Waals surface area (Å²) in [6.07, 6.45) is 11.9. The second-order valence-corrected chi connectivity index (χ2v) is 3.60. The molecular formula is C10H19N. The van der Waals surface area contributed by atoms with E-state index in [-0.39, 0.29) is 5.54 Å². The molecule has 0 aromatic heterocycles. The molecule has 0 amide bonds. The Bertz CT molecular complexity index is 132. The molecule has 1 nitrogen and oxygen atoms in total. The van der Waals surface area contributed by atoms with Crippen LogP contribution in [0.1, 0.15) is 45.4 Å². The Labute approximate surface area is 69.7 Å². The van der Waals surface area contributed by atoms with E-state index in [4.69, 9.17) is 5.73 Å². The van der Waals surface area contributed by atoms with Gasteiger partial charge in [0.2, 0.25) is 0 Å². The Morgan fingerprint density at radius 1 is 1.27 bits per heavy atom. The van der Waals surface area contributed by atoms with Crippen LogP contribution in [0.3, 0.4) is 0 Å². The lowest BCUT2D eigenvalue weighted by Crippen LogP contribution is -2.39. The first-order chi connectivity index (χ1) is 5.27. The minimum absolute atomic E-state index is 0.0499. The van der Waals surface area contributed by atoms with Gasteiger partial charge < -0.3 is 5.73 Å². The SMILES string of the molecule is CCC=CC1(N)CCCCC1. The maximum Gasteiger partial charge on any atom is 0.0339 e. The Hall–Kier alpha value is -0.300. The van der Waals surface area contributed by atoms with Crippen molar-refractivity contribution in [1.82, 2.24) is 0 Å². The highest BCUT2D eigenvalue weighted by Crippen LogP contribution is 2.26. The van der Waals surface area contributed by atoms with Gasteiger partial charge in [-0.1, -0.05) is 38.3 Å². The fourth-order valence-corrected chi connectivity index (χ4v) is 1.73. The third kappa shape index (κ3) is 2.66. The highest BCUT2D eigenvalue weighted by molar-refractivity contribution is 5.05. The summed E-state index contributed by atoms with van der Waals surface area (Å²) in [4.78, 5) is 0. The molecule has 0 atom stereocenters. The Morgan fingerprint density at radius 3 is 2.45 bits per heavy atom. The van der Waals surface area contributed by atoms with Crippen LogP contribution in [0.2, 0.25) is 0 Å². The monoisotopic (exact) mass is 153 g/mol. The van der Waals surface area contributed by atoms with Gasteiger partial charge in [0, 0.05) is 5.54 Å². The van der Waals surface area contributed by atoms with E-state index < -0.39 is 0 Å². The van der Waals surface area contributed by atoms with Crippen molar-refractivity contribution < 1.29 is 0 Å². The van der Waals surface area contributed by atoms with Gasteiger partial charge in [-0.2, -0.15) is 0 Å². The molecule has 1 aliphatic carbocycles. The first-order valence-corrected chi connectivity index (χ1v) is 4.73. The number of rotatable bonds is 2. The van der Waals surface area contributed by atoms with Crippen molar-refractivity contribution in [3.8, 4) is 0 Å². The fourth-order valence-electron chi connectivity index (χ4n) is 1.73. The Kier molecular flexibility index (Phi) is 3.13. The molecule has 1 heteroatoms. The highest BCUT2D eigenvalue weighted by Gasteiger charge is 2.23. The number of allylic oxidation sites excluding steroid dienone is 1. The van der Waals surface area contributed by atoms with Crippen LogP contribution in [0.4, 0.5) is 0 Å². The van der Waals surface area contributed by atoms with Crippen LogP contribution in [0.5, 0.6) is 0 Å². The van der Waals surface area contributed by atoms with E-state index in [1.165, 1.54) is 32.1 Å². The quantitative estimate of drug-likeness (QED) is 0.606. The van der Waals surface area contributed by atoms with E-state index in [2.05, 4.69) is 19.1 Å². The molecule has 1 saturated carbocycles. The van der Waals surface area contributed by atoms with Crippen LogP contribution >= 0.6 is 0 Å². The lowest BCUT2D eigenvalue weighted by molar-refractivity contribution is 0.358. The molecular weight excluding hydrogens is 134 g/mol. The van der Waals surface area contributed by atoms with Gasteiger partial charge in [0.15, 0.2) is 0 Å². The van der Waals surface area contributed by atoms with E-state index in [0.29, 0.717) is 0 Å². The summed E-state index contributed by atoms with van der Waals surface area (Å²) in [6.45, 7) is 2.16. The molecule has 64 valence electrons. The molecule has 0 saturated heterocycles. The molecule has 1 aliphatic rings. The summed E-state index contributed by atoms with van der Waals surface area (Å²) in [5, 5.41) is 0. The summed E-state index contributed by atoms with van der Waals surface area (Å²) in [6, 6.07) is 0. The van der Waals surface area contributed by atoms with Crippen LogP contribution in [0, 0.1) is 0 Å². The first-order valence-electron chi connectivity index (χ1n) is 4.73. The molecule has 0 aromatic carbocycles. The van der Waals surface area contributed by atoms with Crippen molar-refractivity contribution in [3.63, 3.8) is 0 Å². The van der Waals surface area contributed by atoms with Gasteiger partial charge in [-0.25, -0.2) is 0 Å². The molecule has 2 N–H and O–H groups in total. The van der Waals surface area contributed by atoms with Gasteiger partial charge in [0.05, 0.1) is 0 Å². The summed E-state index contributed by atoms with van der Waals surface area (Å²) < 4.78 is 0. The zero-order valence-corrected chi connectivity index (χ0v) is 7.47. The van der Waals surface area contributed by atoms with Gasteiger partial charge >= 0.3 is 0 Å². The molecule has 0 bridgehead atoms. The van der Waals surface area contributed by atoms with E-state index in [1.807, 2.05) is 0 Å². The maximum atomic E-state index is 6.16. The normalized spacial score (nSPS) is 24.2. The van der Waals surface area contributed by atoms with Crippen molar-refractivity contribution in [2.45, 2.75) is 51.0 Å². The maximum absolute atomic E-state index is 6.16. The molecule has 0 radical (unpaired) electrons. The van der Waals surface area contributed by atoms with Crippen molar-refractivity contribution in [2.75, 3.05) is 0 Å². The van der Waals surface area contributed by atoms with Crippen molar-refractivity contribution in [2.24, 2.45) is 5.73 Å². The topological polar surface area (TPSA) is 26.0 Å². The number of hydrogen-bond acceptors (Lipinski definition) is 1. The van der Waals surface area contributed by atoms with Gasteiger partial charge in [-0.15, -0.1) is 0 Å². The highest BCUT2D eigenvalue weighted by atomic mass is 14.7. The molecule has 0 aromatic rings. The minimum atomic E-state index is 0.0499. The van der Waals surface area contributed by atoms with Crippen molar-refractivity contribution in [1.29, 1.82) is 0 Å². The molecule has 0 heterocycles. The molecule has 1 fully saturated rings. The van der Waals surface area contributed by atoms with E-state index in [9.17, 15) is 0 Å². The summed E-state index contributed by atoms with van der Waals surface area (Å²) in [5.74, 6) is 0. The zero-order chi connectivity index (χ0) is 8.16. The fraction of sp³-hybridized carbons (Fsp3) is 0.800. The second-order valence-electron chi connectivity index (χ2n) is 3.60. The first kappa shape index (κ1) is 8.79. The Morgan fingerprint density at radius 2 is 1.91 bits per heavy atom. The molecule has 0 unspecified atom stereocenters. The largest absolute Gasteiger partial charge is 0.322 e. The van der Waals surface area contributed by atoms with E-state index in [0.717, 1.165) is 6.42 Å². The molecule has 11 heavy (non-hydrogen) atoms. The predicted molar refractivity (Wildman–Crippen MR) is 49.4 cm³/mol. The summed E-state index contributed by atoms with van der Waals surface area (Å²) >= 11 is 0. The summed E-state index contributed by atoms with van der Waals surface area (Å²) in [7, 11) is 0. The van der Waals surface area contributed by atoms with Crippen LogP contribution in [-0.2, 0) is 0 Å². The van der Waals surface area contributed by atoms with Gasteiger partial charge in [0.1, 0.15) is 0 Å². The standard InChI is InChI=1S/C10H19N/c1-2-3-7-10(11)8-5-4-6-9-10/h3,7H,2,4-6,8-9,11H2,1H3. The summed E-state index contributed by atoms with van der Waals surface area (Å²) in [5.41, 5.74) is 6.21. The van der Waals surface area contributed by atoms with Crippen LogP contribution < -0.4 is 5.73 Å². The number of nitrogens with two attached hydrogens (primary N) is 1. The molecule has 0 aliphatic heterocycles. The average Bonchev–Trinajstić information content (AvgIpc) is 2.03. The lowest BCUT2D eigenvalue weighted by Gasteiger charge is -2.30. The van der Waals surface area contributed by atoms with Crippen molar-refractivity contribution in [3.05, 3.63) is 12.2 Å². The third-order valence-electron chi connectivity index (χ3n) is 2.47. The van der Waals surface area contributed by atoms with Gasteiger partial charge in [-0.3, -0.25) is 0 Å². The van der Waals surface area contributed by atoms with Crippen LogP contribution in [0.15, 0.2) is 12.2 Å². The molecule has 1 rings (SSSR count). The Balaban J connectivity index is 2.43. The van der Waals surface area contributed by atoms with Gasteiger partial charge in [0.25, 0.3) is 0 Å².